The van der Waals surface area contributed by atoms with Gasteiger partial charge in [-0.25, -0.2) is 9.78 Å². The van der Waals surface area contributed by atoms with Crippen LogP contribution in [0.25, 0.3) is 0 Å². The van der Waals surface area contributed by atoms with Gasteiger partial charge in [-0.3, -0.25) is 10.1 Å². The molecule has 1 fully saturated rings. The molecule has 1 saturated heterocycles. The second kappa shape index (κ2) is 6.52. The first-order valence-corrected chi connectivity index (χ1v) is 7.72. The number of carbonyl (C=O) groups excluding carboxylic acids is 1. The number of nitrogens with zero attached hydrogens (tertiary/aromatic N) is 3. The van der Waals surface area contributed by atoms with Crippen LogP contribution < -0.4 is 4.90 Å². The molecule has 23 heavy (non-hydrogen) atoms. The van der Waals surface area contributed by atoms with Crippen molar-refractivity contribution in [3.05, 3.63) is 27.9 Å². The van der Waals surface area contributed by atoms with Gasteiger partial charge in [0.2, 0.25) is 5.82 Å². The summed E-state index contributed by atoms with van der Waals surface area (Å²) in [7, 11) is 1.24. The van der Waals surface area contributed by atoms with Gasteiger partial charge >= 0.3 is 11.7 Å². The highest BCUT2D eigenvalue weighted by molar-refractivity contribution is 5.90. The minimum absolute atomic E-state index is 0.0921. The van der Waals surface area contributed by atoms with Crippen molar-refractivity contribution in [1.82, 2.24) is 4.98 Å². The van der Waals surface area contributed by atoms with Crippen LogP contribution in [0.15, 0.2) is 12.3 Å². The highest BCUT2D eigenvalue weighted by Crippen LogP contribution is 2.36. The van der Waals surface area contributed by atoms with Crippen molar-refractivity contribution < 1.29 is 14.5 Å². The van der Waals surface area contributed by atoms with E-state index in [9.17, 15) is 14.9 Å². The van der Waals surface area contributed by atoms with E-state index < -0.39 is 10.9 Å². The Kier molecular flexibility index (Phi) is 4.87. The fraction of sp³-hybridized carbons (Fsp3) is 0.625. The maximum atomic E-state index is 11.6. The van der Waals surface area contributed by atoms with E-state index in [4.69, 9.17) is 0 Å². The number of hydrogen-bond acceptors (Lipinski definition) is 6. The van der Waals surface area contributed by atoms with E-state index in [-0.39, 0.29) is 22.7 Å². The normalized spacial score (nSPS) is 18.1. The van der Waals surface area contributed by atoms with Crippen LogP contribution in [0.2, 0.25) is 0 Å². The SMILES string of the molecule is COC(=O)c1cnc(N2CCCC2CC(C)(C)C)c([N+](=O)[O-])c1. The minimum Gasteiger partial charge on any atom is -0.465 e. The predicted octanol–water partition coefficient (Wildman–Crippen LogP) is 3.18. The van der Waals surface area contributed by atoms with Crippen LogP contribution in [-0.4, -0.2) is 35.6 Å². The Labute approximate surface area is 135 Å². The molecule has 0 radical (unpaired) electrons. The van der Waals surface area contributed by atoms with E-state index in [1.54, 1.807) is 0 Å². The Morgan fingerprint density at radius 1 is 1.52 bits per heavy atom. The van der Waals surface area contributed by atoms with Gasteiger partial charge in [0.15, 0.2) is 0 Å². The summed E-state index contributed by atoms with van der Waals surface area (Å²) < 4.78 is 4.61. The van der Waals surface area contributed by atoms with Crippen molar-refractivity contribution in [3.63, 3.8) is 0 Å². The molecule has 2 rings (SSSR count). The second-order valence-corrected chi connectivity index (χ2v) is 7.07. The molecule has 1 aliphatic rings. The van der Waals surface area contributed by atoms with Crippen molar-refractivity contribution in [1.29, 1.82) is 0 Å². The largest absolute Gasteiger partial charge is 0.465 e. The first-order valence-electron chi connectivity index (χ1n) is 7.72. The first-order chi connectivity index (χ1) is 10.7. The standard InChI is InChI=1S/C16H23N3O4/c1-16(2,3)9-12-6-5-7-18(12)14-13(19(21)22)8-11(10-17-14)15(20)23-4/h8,10,12H,5-7,9H2,1-4H3. The molecule has 1 unspecified atom stereocenters. The Hall–Kier alpha value is -2.18. The van der Waals surface area contributed by atoms with Crippen molar-refractivity contribution in [2.45, 2.75) is 46.1 Å². The maximum Gasteiger partial charge on any atom is 0.339 e. The molecule has 7 heteroatoms. The molecular formula is C16H23N3O4. The summed E-state index contributed by atoms with van der Waals surface area (Å²) >= 11 is 0. The van der Waals surface area contributed by atoms with Crippen LogP contribution >= 0.6 is 0 Å². The van der Waals surface area contributed by atoms with Crippen molar-refractivity contribution in [2.24, 2.45) is 5.41 Å². The number of nitro groups is 1. The summed E-state index contributed by atoms with van der Waals surface area (Å²) in [5.74, 6) is -0.283. The summed E-state index contributed by atoms with van der Waals surface area (Å²) in [5, 5.41) is 11.4. The summed E-state index contributed by atoms with van der Waals surface area (Å²) in [5.41, 5.74) is 0.0804. The quantitative estimate of drug-likeness (QED) is 0.481. The third-order valence-corrected chi connectivity index (χ3v) is 3.96. The highest BCUT2D eigenvalue weighted by Gasteiger charge is 2.34. The number of carbonyl (C=O) groups is 1. The Bertz CT molecular complexity index is 610. The number of anilines is 1. The van der Waals surface area contributed by atoms with Gasteiger partial charge in [-0.15, -0.1) is 0 Å². The summed E-state index contributed by atoms with van der Waals surface area (Å²) in [6, 6.07) is 1.48. The van der Waals surface area contributed by atoms with Gasteiger partial charge in [-0.05, 0) is 24.7 Å². The van der Waals surface area contributed by atoms with E-state index >= 15 is 0 Å². The molecule has 0 saturated carbocycles. The molecule has 0 bridgehead atoms. The van der Waals surface area contributed by atoms with Crippen LogP contribution in [-0.2, 0) is 4.74 Å². The average molecular weight is 321 g/mol. The van der Waals surface area contributed by atoms with Crippen LogP contribution in [0.4, 0.5) is 11.5 Å². The molecule has 0 spiro atoms. The molecule has 1 aliphatic heterocycles. The van der Waals surface area contributed by atoms with Crippen LogP contribution in [0, 0.1) is 15.5 Å². The lowest BCUT2D eigenvalue weighted by molar-refractivity contribution is -0.384. The first kappa shape index (κ1) is 17.2. The molecule has 0 aromatic carbocycles. The molecule has 1 aromatic rings. The number of esters is 1. The van der Waals surface area contributed by atoms with Crippen molar-refractivity contribution >= 4 is 17.5 Å². The number of pyridine rings is 1. The van der Waals surface area contributed by atoms with E-state index in [0.29, 0.717) is 5.82 Å². The van der Waals surface area contributed by atoms with E-state index in [2.05, 4.69) is 30.5 Å². The Balaban J connectivity index is 2.37. The lowest BCUT2D eigenvalue weighted by Gasteiger charge is -2.30. The van der Waals surface area contributed by atoms with Gasteiger partial charge in [-0.1, -0.05) is 20.8 Å². The zero-order chi connectivity index (χ0) is 17.2. The lowest BCUT2D eigenvalue weighted by Crippen LogP contribution is -2.33. The molecule has 1 aromatic heterocycles. The summed E-state index contributed by atoms with van der Waals surface area (Å²) in [4.78, 5) is 28.7. The number of rotatable bonds is 4. The van der Waals surface area contributed by atoms with Gasteiger partial charge in [0.05, 0.1) is 17.6 Å². The van der Waals surface area contributed by atoms with Crippen LogP contribution in [0.1, 0.15) is 50.4 Å². The number of hydrogen-bond donors (Lipinski definition) is 0. The van der Waals surface area contributed by atoms with Crippen molar-refractivity contribution in [3.8, 4) is 0 Å². The molecule has 1 atom stereocenters. The monoisotopic (exact) mass is 321 g/mol. The zero-order valence-corrected chi connectivity index (χ0v) is 14.0. The van der Waals surface area contributed by atoms with E-state index in [1.165, 1.54) is 19.4 Å². The topological polar surface area (TPSA) is 85.6 Å². The molecule has 0 N–H and O–H groups in total. The van der Waals surface area contributed by atoms with Gasteiger partial charge < -0.3 is 9.64 Å². The van der Waals surface area contributed by atoms with E-state index in [0.717, 1.165) is 25.8 Å². The lowest BCUT2D eigenvalue weighted by atomic mass is 9.87. The second-order valence-electron chi connectivity index (χ2n) is 7.07. The van der Waals surface area contributed by atoms with Crippen LogP contribution in [0.5, 0.6) is 0 Å². The Morgan fingerprint density at radius 2 is 2.22 bits per heavy atom. The Morgan fingerprint density at radius 3 is 2.78 bits per heavy atom. The van der Waals surface area contributed by atoms with Gasteiger partial charge in [0.1, 0.15) is 0 Å². The smallest absolute Gasteiger partial charge is 0.339 e. The zero-order valence-electron chi connectivity index (χ0n) is 14.0. The molecule has 2 heterocycles. The average Bonchev–Trinajstić information content (AvgIpc) is 2.91. The minimum atomic E-state index is -0.625. The van der Waals surface area contributed by atoms with Crippen LogP contribution in [0.3, 0.4) is 0 Å². The molecular weight excluding hydrogens is 298 g/mol. The third-order valence-electron chi connectivity index (χ3n) is 3.96. The molecule has 0 amide bonds. The van der Waals surface area contributed by atoms with E-state index in [1.807, 2.05) is 4.90 Å². The fourth-order valence-electron chi connectivity index (χ4n) is 3.06. The molecule has 0 aliphatic carbocycles. The van der Waals surface area contributed by atoms with Gasteiger partial charge in [-0.2, -0.15) is 0 Å². The number of methoxy groups -OCH3 is 1. The highest BCUT2D eigenvalue weighted by atomic mass is 16.6. The van der Waals surface area contributed by atoms with Gasteiger partial charge in [0, 0.05) is 24.8 Å². The summed E-state index contributed by atoms with van der Waals surface area (Å²) in [6.07, 6.45) is 4.26. The predicted molar refractivity (Wildman–Crippen MR) is 86.7 cm³/mol. The fourth-order valence-corrected chi connectivity index (χ4v) is 3.06. The molecule has 126 valence electrons. The maximum absolute atomic E-state index is 11.6. The number of ether oxygens (including phenoxy) is 1. The number of aromatic nitrogens is 1. The van der Waals surface area contributed by atoms with Crippen molar-refractivity contribution in [2.75, 3.05) is 18.6 Å². The van der Waals surface area contributed by atoms with Gasteiger partial charge in [0.25, 0.3) is 0 Å². The third kappa shape index (κ3) is 3.97. The summed E-state index contributed by atoms with van der Waals surface area (Å²) in [6.45, 7) is 7.22. The molecule has 7 nitrogen and oxygen atoms in total.